The number of carbonyl (C=O) groups is 1. The summed E-state index contributed by atoms with van der Waals surface area (Å²) in [5, 5.41) is 4.13. The molecule has 112 valence electrons. The van der Waals surface area contributed by atoms with Gasteiger partial charge in [0.25, 0.3) is 0 Å². The molecule has 1 amide bonds. The highest BCUT2D eigenvalue weighted by Gasteiger charge is 2.19. The van der Waals surface area contributed by atoms with Gasteiger partial charge in [0, 0.05) is 29.9 Å². The third kappa shape index (κ3) is 5.01. The maximum absolute atomic E-state index is 11.9. The molecule has 2 heterocycles. The van der Waals surface area contributed by atoms with E-state index >= 15 is 0 Å². The van der Waals surface area contributed by atoms with Gasteiger partial charge >= 0.3 is 0 Å². The highest BCUT2D eigenvalue weighted by molar-refractivity contribution is 7.99. The smallest absolute Gasteiger partial charge is 0.240 e. The Bertz CT molecular complexity index is 439. The lowest BCUT2D eigenvalue weighted by Crippen LogP contribution is -2.45. The molecule has 0 bridgehead atoms. The number of aromatic nitrogens is 2. The van der Waals surface area contributed by atoms with Crippen molar-refractivity contribution in [1.29, 1.82) is 0 Å². The van der Waals surface area contributed by atoms with Gasteiger partial charge in [0.15, 0.2) is 0 Å². The topological polar surface area (TPSA) is 84.1 Å². The molecule has 0 aromatic carbocycles. The van der Waals surface area contributed by atoms with Crippen molar-refractivity contribution in [1.82, 2.24) is 14.3 Å². The van der Waals surface area contributed by atoms with Crippen LogP contribution in [0.15, 0.2) is 5.16 Å². The maximum atomic E-state index is 11.9. The summed E-state index contributed by atoms with van der Waals surface area (Å²) in [6.45, 7) is 4.23. The van der Waals surface area contributed by atoms with Crippen LogP contribution in [0.1, 0.15) is 26.2 Å². The molecular weight excluding hydrogens is 294 g/mol. The summed E-state index contributed by atoms with van der Waals surface area (Å²) in [5.74, 6) is 0.956. The molecule has 1 aliphatic rings. The number of amides is 1. The number of hydrogen-bond acceptors (Lipinski definition) is 7. The second kappa shape index (κ2) is 7.92. The molecule has 2 rings (SSSR count). The summed E-state index contributed by atoms with van der Waals surface area (Å²) >= 11 is 2.85. The van der Waals surface area contributed by atoms with Crippen molar-refractivity contribution in [3.05, 3.63) is 0 Å². The molecule has 1 aromatic rings. The van der Waals surface area contributed by atoms with E-state index in [9.17, 15) is 4.79 Å². The maximum Gasteiger partial charge on any atom is 0.240 e. The van der Waals surface area contributed by atoms with Crippen LogP contribution in [0.4, 0.5) is 5.13 Å². The van der Waals surface area contributed by atoms with Crippen molar-refractivity contribution < 1.29 is 4.79 Å². The number of nitrogens with two attached hydrogens (primary N) is 1. The van der Waals surface area contributed by atoms with Crippen LogP contribution in [0.25, 0.3) is 0 Å². The number of anilines is 1. The fraction of sp³-hybridized carbons (Fsp3) is 0.750. The molecule has 3 N–H and O–H groups in total. The van der Waals surface area contributed by atoms with E-state index in [-0.39, 0.29) is 11.9 Å². The normalized spacial score (nSPS) is 20.0. The van der Waals surface area contributed by atoms with Gasteiger partial charge in [0.2, 0.25) is 16.2 Å². The van der Waals surface area contributed by atoms with E-state index < -0.39 is 0 Å². The first-order valence-electron chi connectivity index (χ1n) is 6.91. The van der Waals surface area contributed by atoms with Gasteiger partial charge in [-0.1, -0.05) is 18.7 Å². The quantitative estimate of drug-likeness (QED) is 0.772. The van der Waals surface area contributed by atoms with Gasteiger partial charge in [-0.15, -0.1) is 0 Å². The number of thioether (sulfide) groups is 1. The van der Waals surface area contributed by atoms with E-state index in [1.807, 2.05) is 0 Å². The minimum atomic E-state index is -0.0395. The highest BCUT2D eigenvalue weighted by Crippen LogP contribution is 2.20. The number of carbonyl (C=O) groups excluding carboxylic acids is 1. The van der Waals surface area contributed by atoms with Gasteiger partial charge in [-0.3, -0.25) is 15.0 Å². The van der Waals surface area contributed by atoms with E-state index in [0.29, 0.717) is 11.7 Å². The predicted molar refractivity (Wildman–Crippen MR) is 83.2 cm³/mol. The average Bonchev–Trinajstić information content (AvgIpc) is 2.83. The summed E-state index contributed by atoms with van der Waals surface area (Å²) in [7, 11) is 0. The Morgan fingerprint density at radius 3 is 3.25 bits per heavy atom. The first-order valence-corrected chi connectivity index (χ1v) is 8.67. The van der Waals surface area contributed by atoms with Crippen LogP contribution in [0, 0.1) is 0 Å². The molecule has 1 aromatic heterocycles. The molecule has 0 radical (unpaired) electrons. The zero-order chi connectivity index (χ0) is 14.4. The predicted octanol–water partition coefficient (Wildman–Crippen LogP) is 1.40. The molecule has 20 heavy (non-hydrogen) atoms. The van der Waals surface area contributed by atoms with E-state index in [0.717, 1.165) is 43.3 Å². The lowest BCUT2D eigenvalue weighted by Gasteiger charge is -2.29. The van der Waals surface area contributed by atoms with Gasteiger partial charge in [-0.25, -0.2) is 0 Å². The second-order valence-electron chi connectivity index (χ2n) is 4.92. The number of nitrogens with one attached hydrogen (secondary N) is 1. The molecule has 0 aliphatic carbocycles. The Morgan fingerprint density at radius 1 is 1.65 bits per heavy atom. The Hall–Kier alpha value is -0.700. The van der Waals surface area contributed by atoms with Crippen molar-refractivity contribution in [2.45, 2.75) is 37.4 Å². The van der Waals surface area contributed by atoms with Gasteiger partial charge < -0.3 is 5.73 Å². The molecule has 0 saturated carbocycles. The van der Waals surface area contributed by atoms with Crippen LogP contribution in [-0.2, 0) is 4.79 Å². The minimum absolute atomic E-state index is 0.0395. The fourth-order valence-electron chi connectivity index (χ4n) is 2.11. The first-order chi connectivity index (χ1) is 9.67. The molecule has 6 nitrogen and oxygen atoms in total. The molecule has 1 aliphatic heterocycles. The molecule has 1 saturated heterocycles. The van der Waals surface area contributed by atoms with Gasteiger partial charge in [-0.2, -0.15) is 9.36 Å². The Kier molecular flexibility index (Phi) is 6.21. The van der Waals surface area contributed by atoms with Crippen LogP contribution in [0.5, 0.6) is 0 Å². The molecular formula is C12H21N5OS2. The van der Waals surface area contributed by atoms with Crippen molar-refractivity contribution in [2.75, 3.05) is 30.7 Å². The van der Waals surface area contributed by atoms with E-state index in [1.54, 1.807) is 11.8 Å². The van der Waals surface area contributed by atoms with Crippen molar-refractivity contribution in [3.63, 3.8) is 0 Å². The standard InChI is InChI=1S/C12H21N5OS2/c1-2-6-19-12-15-11(20-16-12)14-10(18)8-17-5-3-4-9(13)7-17/h9H,2-8,13H2,1H3,(H,14,15,16,18). The van der Waals surface area contributed by atoms with Crippen LogP contribution in [0.2, 0.25) is 0 Å². The number of nitrogens with zero attached hydrogens (tertiary/aromatic N) is 3. The third-order valence-corrected chi connectivity index (χ3v) is 4.80. The Balaban J connectivity index is 1.77. The summed E-state index contributed by atoms with van der Waals surface area (Å²) < 4.78 is 4.21. The lowest BCUT2D eigenvalue weighted by molar-refractivity contribution is -0.117. The largest absolute Gasteiger partial charge is 0.327 e. The number of piperidine rings is 1. The summed E-state index contributed by atoms with van der Waals surface area (Å²) in [6.07, 6.45) is 3.19. The van der Waals surface area contributed by atoms with Crippen LogP contribution in [-0.4, -0.2) is 51.6 Å². The van der Waals surface area contributed by atoms with E-state index in [1.165, 1.54) is 11.5 Å². The first kappa shape index (κ1) is 15.7. The molecule has 8 heteroatoms. The lowest BCUT2D eigenvalue weighted by atomic mass is 10.1. The summed E-state index contributed by atoms with van der Waals surface area (Å²) in [5.41, 5.74) is 5.91. The van der Waals surface area contributed by atoms with Gasteiger partial charge in [-0.05, 0) is 25.8 Å². The highest BCUT2D eigenvalue weighted by atomic mass is 32.2. The molecule has 0 spiro atoms. The summed E-state index contributed by atoms with van der Waals surface area (Å²) in [4.78, 5) is 18.3. The van der Waals surface area contributed by atoms with Crippen molar-refractivity contribution in [3.8, 4) is 0 Å². The van der Waals surface area contributed by atoms with E-state index in [2.05, 4.69) is 26.5 Å². The Labute approximate surface area is 127 Å². The van der Waals surface area contributed by atoms with E-state index in [4.69, 9.17) is 5.73 Å². The van der Waals surface area contributed by atoms with Gasteiger partial charge in [0.1, 0.15) is 0 Å². The number of hydrogen-bond donors (Lipinski definition) is 2. The SMILES string of the molecule is CCCSc1nsc(NC(=O)CN2CCCC(N)C2)n1. The van der Waals surface area contributed by atoms with Gasteiger partial charge in [0.05, 0.1) is 6.54 Å². The third-order valence-electron chi connectivity index (χ3n) is 3.00. The number of likely N-dealkylation sites (tertiary alicyclic amines) is 1. The molecule has 1 atom stereocenters. The molecule has 1 fully saturated rings. The van der Waals surface area contributed by atoms with Crippen LogP contribution >= 0.6 is 23.3 Å². The van der Waals surface area contributed by atoms with Crippen molar-refractivity contribution >= 4 is 34.3 Å². The molecule has 1 unspecified atom stereocenters. The monoisotopic (exact) mass is 315 g/mol. The van der Waals surface area contributed by atoms with Crippen molar-refractivity contribution in [2.24, 2.45) is 5.73 Å². The number of rotatable bonds is 6. The summed E-state index contributed by atoms with van der Waals surface area (Å²) in [6, 6.07) is 0.190. The Morgan fingerprint density at radius 2 is 2.50 bits per heavy atom. The fourth-order valence-corrected chi connectivity index (χ4v) is 3.52. The van der Waals surface area contributed by atoms with Crippen LogP contribution in [0.3, 0.4) is 0 Å². The minimum Gasteiger partial charge on any atom is -0.327 e. The average molecular weight is 315 g/mol. The second-order valence-corrected chi connectivity index (χ2v) is 6.73. The van der Waals surface area contributed by atoms with Crippen LogP contribution < -0.4 is 11.1 Å². The zero-order valence-electron chi connectivity index (χ0n) is 11.7. The zero-order valence-corrected chi connectivity index (χ0v) is 13.3.